The van der Waals surface area contributed by atoms with Gasteiger partial charge in [0, 0.05) is 19.6 Å². The third-order valence-corrected chi connectivity index (χ3v) is 5.34. The highest BCUT2D eigenvalue weighted by molar-refractivity contribution is 7.89. The van der Waals surface area contributed by atoms with E-state index >= 15 is 0 Å². The Hall–Kier alpha value is -1.15. The van der Waals surface area contributed by atoms with Crippen LogP contribution in [-0.2, 0) is 21.3 Å². The Morgan fingerprint density at radius 2 is 2.14 bits per heavy atom. The molecule has 1 heterocycles. The smallest absolute Gasteiger partial charge is 0.246 e. The fourth-order valence-electron chi connectivity index (χ4n) is 2.37. The number of hydrogen-bond donors (Lipinski definition) is 1. The summed E-state index contributed by atoms with van der Waals surface area (Å²) in [6.07, 6.45) is 0. The lowest BCUT2D eigenvalue weighted by molar-refractivity contribution is -0.0640. The first-order chi connectivity index (χ1) is 9.80. The van der Waals surface area contributed by atoms with E-state index in [9.17, 15) is 8.42 Å². The molecule has 21 heavy (non-hydrogen) atoms. The number of hydrogen-bond acceptors (Lipinski definition) is 5. The molecule has 7 heteroatoms. The van der Waals surface area contributed by atoms with E-state index in [2.05, 4.69) is 0 Å². The Bertz CT molecular complexity index is 613. The van der Waals surface area contributed by atoms with Crippen molar-refractivity contribution < 1.29 is 17.9 Å². The van der Waals surface area contributed by atoms with Crippen molar-refractivity contribution in [1.82, 2.24) is 4.31 Å². The van der Waals surface area contributed by atoms with Crippen molar-refractivity contribution in [2.45, 2.75) is 30.9 Å². The van der Waals surface area contributed by atoms with E-state index in [1.807, 2.05) is 13.8 Å². The lowest BCUT2D eigenvalue weighted by Crippen LogP contribution is -2.50. The molecule has 2 N–H and O–H groups in total. The molecule has 1 saturated heterocycles. The summed E-state index contributed by atoms with van der Waals surface area (Å²) in [7, 11) is -2.18. The average Bonchev–Trinajstić information content (AvgIpc) is 2.45. The van der Waals surface area contributed by atoms with E-state index in [4.69, 9.17) is 15.2 Å². The summed E-state index contributed by atoms with van der Waals surface area (Å²) >= 11 is 0. The minimum absolute atomic E-state index is 0.158. The summed E-state index contributed by atoms with van der Waals surface area (Å²) in [6.45, 7) is 5.06. The normalized spacial score (nSPS) is 19.4. The van der Waals surface area contributed by atoms with Crippen molar-refractivity contribution in [3.8, 4) is 5.75 Å². The summed E-state index contributed by atoms with van der Waals surface area (Å²) in [6, 6.07) is 4.98. The molecule has 0 aliphatic carbocycles. The van der Waals surface area contributed by atoms with Crippen molar-refractivity contribution in [3.05, 3.63) is 23.8 Å². The number of methoxy groups -OCH3 is 1. The molecule has 0 atom stereocenters. The Morgan fingerprint density at radius 1 is 1.43 bits per heavy atom. The lowest BCUT2D eigenvalue weighted by Gasteiger charge is -2.37. The van der Waals surface area contributed by atoms with Crippen LogP contribution in [0.4, 0.5) is 0 Å². The predicted molar refractivity (Wildman–Crippen MR) is 79.7 cm³/mol. The van der Waals surface area contributed by atoms with Gasteiger partial charge in [0.15, 0.2) is 0 Å². The molecule has 0 radical (unpaired) electrons. The van der Waals surface area contributed by atoms with E-state index < -0.39 is 15.6 Å². The van der Waals surface area contributed by atoms with Crippen molar-refractivity contribution in [2.24, 2.45) is 5.73 Å². The molecule has 1 aliphatic rings. The van der Waals surface area contributed by atoms with Crippen LogP contribution in [0.2, 0.25) is 0 Å². The fraction of sp³-hybridized carbons (Fsp3) is 0.571. The standard InChI is InChI=1S/C14H22N2O4S/c1-14(2)10-16(6-7-20-14)21(17,18)13-8-11(9-15)4-5-12(13)19-3/h4-5,8H,6-7,9-10,15H2,1-3H3. The third-order valence-electron chi connectivity index (χ3n) is 3.47. The molecule has 0 saturated carbocycles. The molecule has 118 valence electrons. The van der Waals surface area contributed by atoms with Gasteiger partial charge in [0.05, 0.1) is 19.3 Å². The largest absolute Gasteiger partial charge is 0.495 e. The number of morpholine rings is 1. The van der Waals surface area contributed by atoms with E-state index in [0.29, 0.717) is 25.4 Å². The van der Waals surface area contributed by atoms with Crippen molar-refractivity contribution in [2.75, 3.05) is 26.8 Å². The topological polar surface area (TPSA) is 81.9 Å². The maximum Gasteiger partial charge on any atom is 0.246 e. The molecule has 1 aromatic carbocycles. The molecule has 0 unspecified atom stereocenters. The quantitative estimate of drug-likeness (QED) is 0.895. The zero-order chi connectivity index (χ0) is 15.7. The van der Waals surface area contributed by atoms with Crippen LogP contribution in [0.1, 0.15) is 19.4 Å². The highest BCUT2D eigenvalue weighted by Crippen LogP contribution is 2.30. The molecule has 2 rings (SSSR count). The SMILES string of the molecule is COc1ccc(CN)cc1S(=O)(=O)N1CCOC(C)(C)C1. The molecular formula is C14H22N2O4S. The highest BCUT2D eigenvalue weighted by Gasteiger charge is 2.36. The highest BCUT2D eigenvalue weighted by atomic mass is 32.2. The number of nitrogens with two attached hydrogens (primary N) is 1. The van der Waals surface area contributed by atoms with Crippen LogP contribution in [0.15, 0.2) is 23.1 Å². The fourth-order valence-corrected chi connectivity index (χ4v) is 4.15. The van der Waals surface area contributed by atoms with E-state index in [1.165, 1.54) is 11.4 Å². The minimum atomic E-state index is -3.64. The van der Waals surface area contributed by atoms with Gasteiger partial charge in [-0.25, -0.2) is 8.42 Å². The molecule has 0 spiro atoms. The van der Waals surface area contributed by atoms with Crippen molar-refractivity contribution >= 4 is 10.0 Å². The maximum absolute atomic E-state index is 12.9. The van der Waals surface area contributed by atoms with E-state index in [-0.39, 0.29) is 11.4 Å². The van der Waals surface area contributed by atoms with Gasteiger partial charge in [-0.2, -0.15) is 4.31 Å². The zero-order valence-electron chi connectivity index (χ0n) is 12.6. The van der Waals surface area contributed by atoms with Gasteiger partial charge in [0.25, 0.3) is 0 Å². The van der Waals surface area contributed by atoms with Gasteiger partial charge in [0.2, 0.25) is 10.0 Å². The molecule has 0 aromatic heterocycles. The first-order valence-electron chi connectivity index (χ1n) is 6.81. The van der Waals surface area contributed by atoms with Gasteiger partial charge in [-0.3, -0.25) is 0 Å². The van der Waals surface area contributed by atoms with Crippen LogP contribution in [0.25, 0.3) is 0 Å². The molecule has 1 aromatic rings. The van der Waals surface area contributed by atoms with Crippen LogP contribution in [0.3, 0.4) is 0 Å². The second-order valence-corrected chi connectivity index (χ2v) is 7.54. The lowest BCUT2D eigenvalue weighted by atomic mass is 10.1. The molecule has 0 amide bonds. The molecular weight excluding hydrogens is 292 g/mol. The van der Waals surface area contributed by atoms with Gasteiger partial charge >= 0.3 is 0 Å². The number of rotatable bonds is 4. The zero-order valence-corrected chi connectivity index (χ0v) is 13.4. The monoisotopic (exact) mass is 314 g/mol. The minimum Gasteiger partial charge on any atom is -0.495 e. The first kappa shape index (κ1) is 16.2. The third kappa shape index (κ3) is 3.37. The molecule has 6 nitrogen and oxygen atoms in total. The van der Waals surface area contributed by atoms with Crippen molar-refractivity contribution in [1.29, 1.82) is 0 Å². The van der Waals surface area contributed by atoms with Crippen LogP contribution in [-0.4, -0.2) is 45.1 Å². The summed E-state index contributed by atoms with van der Waals surface area (Å²) < 4.78 is 38.0. The Morgan fingerprint density at radius 3 is 2.71 bits per heavy atom. The average molecular weight is 314 g/mol. The Labute approximate surface area is 125 Å². The second-order valence-electron chi connectivity index (χ2n) is 5.64. The van der Waals surface area contributed by atoms with Gasteiger partial charge in [0.1, 0.15) is 10.6 Å². The van der Waals surface area contributed by atoms with Gasteiger partial charge in [-0.15, -0.1) is 0 Å². The summed E-state index contributed by atoms with van der Waals surface area (Å²) in [4.78, 5) is 0.158. The van der Waals surface area contributed by atoms with E-state index in [0.717, 1.165) is 5.56 Å². The Balaban J connectivity index is 2.43. The van der Waals surface area contributed by atoms with Crippen LogP contribution in [0.5, 0.6) is 5.75 Å². The first-order valence-corrected chi connectivity index (χ1v) is 8.25. The van der Waals surface area contributed by atoms with Gasteiger partial charge < -0.3 is 15.2 Å². The maximum atomic E-state index is 12.9. The molecule has 0 bridgehead atoms. The summed E-state index contributed by atoms with van der Waals surface area (Å²) in [5.41, 5.74) is 5.86. The number of sulfonamides is 1. The molecule has 1 aliphatic heterocycles. The second kappa shape index (κ2) is 5.92. The number of ether oxygens (including phenoxy) is 2. The summed E-state index contributed by atoms with van der Waals surface area (Å²) in [5.74, 6) is 0.330. The van der Waals surface area contributed by atoms with Crippen molar-refractivity contribution in [3.63, 3.8) is 0 Å². The van der Waals surface area contributed by atoms with E-state index in [1.54, 1.807) is 18.2 Å². The number of benzene rings is 1. The number of nitrogens with zero attached hydrogens (tertiary/aromatic N) is 1. The van der Waals surface area contributed by atoms with Gasteiger partial charge in [-0.05, 0) is 31.5 Å². The van der Waals surface area contributed by atoms with Crippen LogP contribution in [0, 0.1) is 0 Å². The summed E-state index contributed by atoms with van der Waals surface area (Å²) in [5, 5.41) is 0. The van der Waals surface area contributed by atoms with Crippen LogP contribution < -0.4 is 10.5 Å². The molecule has 1 fully saturated rings. The van der Waals surface area contributed by atoms with Crippen LogP contribution >= 0.6 is 0 Å². The predicted octanol–water partition coefficient (Wildman–Crippen LogP) is 0.953. The Kier molecular flexibility index (Phi) is 4.57. The van der Waals surface area contributed by atoms with Gasteiger partial charge in [-0.1, -0.05) is 6.07 Å².